The Morgan fingerprint density at radius 2 is 2.05 bits per heavy atom. The summed E-state index contributed by atoms with van der Waals surface area (Å²) in [6, 6.07) is 7.23. The van der Waals surface area contributed by atoms with Crippen LogP contribution < -0.4 is 10.1 Å². The van der Waals surface area contributed by atoms with Crippen molar-refractivity contribution in [3.8, 4) is 5.75 Å². The highest BCUT2D eigenvalue weighted by molar-refractivity contribution is 5.53. The number of nitrogens with zero attached hydrogens (tertiary/aromatic N) is 1. The Morgan fingerprint density at radius 3 is 2.77 bits per heavy atom. The molecule has 1 heterocycles. The van der Waals surface area contributed by atoms with Crippen molar-refractivity contribution in [3.63, 3.8) is 0 Å². The van der Waals surface area contributed by atoms with Crippen LogP contribution in [0.15, 0.2) is 36.4 Å². The van der Waals surface area contributed by atoms with Crippen LogP contribution in [0.25, 0.3) is 0 Å². The van der Waals surface area contributed by atoms with Gasteiger partial charge in [0.15, 0.2) is 5.82 Å². The number of nitrogens with one attached hydrogen (secondary N) is 1. The molecule has 2 aromatic carbocycles. The molecule has 1 atom stereocenters. The zero-order valence-corrected chi connectivity index (χ0v) is 11.4. The Labute approximate surface area is 124 Å². The number of benzene rings is 2. The molecule has 0 radical (unpaired) electrons. The fourth-order valence-corrected chi connectivity index (χ4v) is 2.44. The van der Waals surface area contributed by atoms with Gasteiger partial charge in [-0.05, 0) is 24.3 Å². The number of ether oxygens (including phenoxy) is 1. The summed E-state index contributed by atoms with van der Waals surface area (Å²) in [4.78, 5) is 9.96. The van der Waals surface area contributed by atoms with Gasteiger partial charge in [0.2, 0.25) is 0 Å². The van der Waals surface area contributed by atoms with Crippen molar-refractivity contribution in [2.75, 3.05) is 11.9 Å². The van der Waals surface area contributed by atoms with Gasteiger partial charge in [-0.3, -0.25) is 10.1 Å². The predicted octanol–water partition coefficient (Wildman–Crippen LogP) is 3.81. The molecule has 1 N–H and O–H groups in total. The van der Waals surface area contributed by atoms with Crippen molar-refractivity contribution in [1.29, 1.82) is 0 Å². The first kappa shape index (κ1) is 14.2. The fourth-order valence-electron chi connectivity index (χ4n) is 2.44. The number of fused-ring (bicyclic) bond motifs is 1. The number of nitro groups is 1. The maximum absolute atomic E-state index is 13.9. The first-order chi connectivity index (χ1) is 10.5. The second-order valence-corrected chi connectivity index (χ2v) is 4.94. The summed E-state index contributed by atoms with van der Waals surface area (Å²) in [5.41, 5.74) is 0.415. The molecule has 1 unspecified atom stereocenters. The maximum Gasteiger partial charge on any atom is 0.272 e. The third-order valence-corrected chi connectivity index (χ3v) is 3.50. The fraction of sp³-hybridized carbons (Fsp3) is 0.200. The number of anilines is 1. The Balaban J connectivity index is 1.89. The van der Waals surface area contributed by atoms with Crippen LogP contribution in [0.1, 0.15) is 18.0 Å². The van der Waals surface area contributed by atoms with Crippen LogP contribution in [0.2, 0.25) is 0 Å². The van der Waals surface area contributed by atoms with Gasteiger partial charge in [-0.25, -0.2) is 8.78 Å². The molecule has 7 heteroatoms. The van der Waals surface area contributed by atoms with Crippen LogP contribution in [0.5, 0.6) is 5.75 Å². The lowest BCUT2D eigenvalue weighted by Gasteiger charge is -2.27. The molecule has 0 aliphatic carbocycles. The Bertz CT molecular complexity index is 737. The largest absolute Gasteiger partial charge is 0.493 e. The van der Waals surface area contributed by atoms with E-state index in [9.17, 15) is 18.9 Å². The van der Waals surface area contributed by atoms with Gasteiger partial charge in [0.1, 0.15) is 11.6 Å². The molecular formula is C15H12F2N2O3. The van der Waals surface area contributed by atoms with Gasteiger partial charge in [-0.1, -0.05) is 0 Å². The molecule has 1 aliphatic rings. The summed E-state index contributed by atoms with van der Waals surface area (Å²) in [6.45, 7) is 0.422. The van der Waals surface area contributed by atoms with Gasteiger partial charge >= 0.3 is 0 Å². The molecule has 0 fully saturated rings. The van der Waals surface area contributed by atoms with Crippen molar-refractivity contribution in [2.24, 2.45) is 0 Å². The van der Waals surface area contributed by atoms with Crippen LogP contribution in [-0.2, 0) is 0 Å². The number of hydrogen-bond donors (Lipinski definition) is 1. The van der Waals surface area contributed by atoms with Gasteiger partial charge in [-0.2, -0.15) is 0 Å². The van der Waals surface area contributed by atoms with Gasteiger partial charge in [-0.15, -0.1) is 0 Å². The molecule has 3 rings (SSSR count). The van der Waals surface area contributed by atoms with Crippen LogP contribution in [0.4, 0.5) is 20.2 Å². The minimum absolute atomic E-state index is 0.132. The first-order valence-electron chi connectivity index (χ1n) is 6.67. The summed E-state index contributed by atoms with van der Waals surface area (Å²) in [6.07, 6.45) is 0.535. The van der Waals surface area contributed by atoms with Gasteiger partial charge in [0.05, 0.1) is 29.3 Å². The molecule has 0 aromatic heterocycles. The highest BCUT2D eigenvalue weighted by atomic mass is 19.1. The molecule has 0 saturated carbocycles. The number of halogens is 2. The lowest BCUT2D eigenvalue weighted by Crippen LogP contribution is -2.21. The monoisotopic (exact) mass is 306 g/mol. The van der Waals surface area contributed by atoms with Gasteiger partial charge < -0.3 is 10.1 Å². The zero-order chi connectivity index (χ0) is 15.7. The Hall–Kier alpha value is -2.70. The van der Waals surface area contributed by atoms with Crippen LogP contribution in [0, 0.1) is 21.7 Å². The van der Waals surface area contributed by atoms with Gasteiger partial charge in [0, 0.05) is 18.1 Å². The molecule has 0 spiro atoms. The van der Waals surface area contributed by atoms with Crippen LogP contribution >= 0.6 is 0 Å². The van der Waals surface area contributed by atoms with Crippen molar-refractivity contribution < 1.29 is 18.4 Å². The van der Waals surface area contributed by atoms with Gasteiger partial charge in [0.25, 0.3) is 5.69 Å². The van der Waals surface area contributed by atoms with E-state index in [0.717, 1.165) is 6.07 Å². The van der Waals surface area contributed by atoms with E-state index in [0.29, 0.717) is 24.3 Å². The van der Waals surface area contributed by atoms with Crippen molar-refractivity contribution >= 4 is 11.4 Å². The van der Waals surface area contributed by atoms with Crippen molar-refractivity contribution in [2.45, 2.75) is 12.5 Å². The standard InChI is InChI=1S/C15H12F2N2O3/c16-9-1-4-15-11(7-9)13(5-6-22-15)18-14-3-2-10(19(20)21)8-12(14)17/h1-4,7-8,13,18H,5-6H2. The van der Waals surface area contributed by atoms with Crippen LogP contribution in [0.3, 0.4) is 0 Å². The molecule has 0 saturated heterocycles. The minimum atomic E-state index is -0.723. The third-order valence-electron chi connectivity index (χ3n) is 3.50. The lowest BCUT2D eigenvalue weighted by molar-refractivity contribution is -0.385. The molecule has 22 heavy (non-hydrogen) atoms. The Morgan fingerprint density at radius 1 is 1.23 bits per heavy atom. The molecule has 2 aromatic rings. The SMILES string of the molecule is O=[N+]([O-])c1ccc(NC2CCOc3ccc(F)cc32)c(F)c1. The average Bonchev–Trinajstić information content (AvgIpc) is 2.49. The second kappa shape index (κ2) is 5.59. The summed E-state index contributed by atoms with van der Waals surface area (Å²) >= 11 is 0. The number of nitro benzene ring substituents is 1. The van der Waals surface area contributed by atoms with E-state index in [1.54, 1.807) is 0 Å². The number of hydrogen-bond acceptors (Lipinski definition) is 4. The average molecular weight is 306 g/mol. The maximum atomic E-state index is 13.9. The normalized spacial score (nSPS) is 16.5. The van der Waals surface area contributed by atoms with Crippen LogP contribution in [-0.4, -0.2) is 11.5 Å². The first-order valence-corrected chi connectivity index (χ1v) is 6.67. The summed E-state index contributed by atoms with van der Waals surface area (Å²) in [5, 5.41) is 13.6. The molecular weight excluding hydrogens is 294 g/mol. The zero-order valence-electron chi connectivity index (χ0n) is 11.4. The van der Waals surface area contributed by atoms with E-state index in [2.05, 4.69) is 5.32 Å². The van der Waals surface area contributed by atoms with E-state index >= 15 is 0 Å². The summed E-state index contributed by atoms with van der Waals surface area (Å²) in [5.74, 6) is -0.577. The van der Waals surface area contributed by atoms with E-state index in [4.69, 9.17) is 4.74 Å². The highest BCUT2D eigenvalue weighted by Gasteiger charge is 2.23. The molecule has 0 bridgehead atoms. The van der Waals surface area contributed by atoms with Crippen molar-refractivity contribution in [1.82, 2.24) is 0 Å². The topological polar surface area (TPSA) is 64.4 Å². The Kier molecular flexibility index (Phi) is 3.62. The van der Waals surface area contributed by atoms with E-state index in [1.807, 2.05) is 0 Å². The minimum Gasteiger partial charge on any atom is -0.493 e. The van der Waals surface area contributed by atoms with E-state index in [1.165, 1.54) is 30.3 Å². The lowest BCUT2D eigenvalue weighted by atomic mass is 10.00. The quantitative estimate of drug-likeness (QED) is 0.692. The number of non-ortho nitro benzene ring substituents is 1. The molecule has 0 amide bonds. The molecule has 114 valence electrons. The highest BCUT2D eigenvalue weighted by Crippen LogP contribution is 2.35. The van der Waals surface area contributed by atoms with E-state index in [-0.39, 0.29) is 17.4 Å². The number of rotatable bonds is 3. The van der Waals surface area contributed by atoms with E-state index < -0.39 is 16.6 Å². The third kappa shape index (κ3) is 2.69. The summed E-state index contributed by atoms with van der Waals surface area (Å²) in [7, 11) is 0. The molecule has 1 aliphatic heterocycles. The second-order valence-electron chi connectivity index (χ2n) is 4.94. The smallest absolute Gasteiger partial charge is 0.272 e. The summed E-state index contributed by atoms with van der Waals surface area (Å²) < 4.78 is 32.8. The molecule has 5 nitrogen and oxygen atoms in total. The predicted molar refractivity (Wildman–Crippen MR) is 75.9 cm³/mol. The van der Waals surface area contributed by atoms with Crippen molar-refractivity contribution in [3.05, 3.63) is 63.7 Å².